The number of methoxy groups -OCH3 is 2. The molecule has 100 valence electrons. The standard InChI is InChI=1S/C15H22O3/c1-5-12-15(18-12)10(2)8-11-6-7-13(16-3)14(9-11)17-4/h6-7,9-10,12,15H,5,8H2,1-4H3. The Morgan fingerprint density at radius 3 is 2.50 bits per heavy atom. The van der Waals surface area contributed by atoms with E-state index in [1.165, 1.54) is 5.56 Å². The first-order valence-electron chi connectivity index (χ1n) is 6.56. The summed E-state index contributed by atoms with van der Waals surface area (Å²) >= 11 is 0. The van der Waals surface area contributed by atoms with Gasteiger partial charge in [0, 0.05) is 0 Å². The van der Waals surface area contributed by atoms with Gasteiger partial charge in [0.15, 0.2) is 11.5 Å². The molecule has 1 aromatic rings. The lowest BCUT2D eigenvalue weighted by molar-refractivity contribution is 0.322. The van der Waals surface area contributed by atoms with E-state index >= 15 is 0 Å². The van der Waals surface area contributed by atoms with Crippen molar-refractivity contribution in [3.05, 3.63) is 23.8 Å². The SMILES string of the molecule is CCC1OC1C(C)Cc1ccc(OC)c(OC)c1. The summed E-state index contributed by atoms with van der Waals surface area (Å²) in [4.78, 5) is 0. The van der Waals surface area contributed by atoms with Crippen LogP contribution in [0.1, 0.15) is 25.8 Å². The lowest BCUT2D eigenvalue weighted by Crippen LogP contribution is -2.10. The van der Waals surface area contributed by atoms with Gasteiger partial charge in [0.2, 0.25) is 0 Å². The van der Waals surface area contributed by atoms with Crippen LogP contribution >= 0.6 is 0 Å². The molecule has 0 radical (unpaired) electrons. The van der Waals surface area contributed by atoms with E-state index in [0.29, 0.717) is 18.1 Å². The predicted molar refractivity (Wildman–Crippen MR) is 71.4 cm³/mol. The van der Waals surface area contributed by atoms with Crippen LogP contribution in [-0.4, -0.2) is 26.4 Å². The molecule has 18 heavy (non-hydrogen) atoms. The first kappa shape index (κ1) is 13.2. The zero-order valence-electron chi connectivity index (χ0n) is 11.6. The Morgan fingerprint density at radius 2 is 1.94 bits per heavy atom. The molecular weight excluding hydrogens is 228 g/mol. The van der Waals surface area contributed by atoms with E-state index in [1.54, 1.807) is 14.2 Å². The molecule has 0 amide bonds. The number of ether oxygens (including phenoxy) is 3. The molecule has 0 aliphatic carbocycles. The highest BCUT2D eigenvalue weighted by molar-refractivity contribution is 5.43. The van der Waals surface area contributed by atoms with Crippen LogP contribution in [0.2, 0.25) is 0 Å². The van der Waals surface area contributed by atoms with E-state index in [4.69, 9.17) is 14.2 Å². The van der Waals surface area contributed by atoms with Crippen LogP contribution in [0.3, 0.4) is 0 Å². The summed E-state index contributed by atoms with van der Waals surface area (Å²) in [5.74, 6) is 2.13. The molecule has 3 atom stereocenters. The van der Waals surface area contributed by atoms with Gasteiger partial charge in [0.1, 0.15) is 0 Å². The third-order valence-corrected chi connectivity index (χ3v) is 3.59. The van der Waals surface area contributed by atoms with Gasteiger partial charge in [-0.05, 0) is 36.5 Å². The van der Waals surface area contributed by atoms with Gasteiger partial charge in [-0.3, -0.25) is 0 Å². The van der Waals surface area contributed by atoms with E-state index in [0.717, 1.165) is 24.3 Å². The zero-order chi connectivity index (χ0) is 13.1. The average molecular weight is 250 g/mol. The van der Waals surface area contributed by atoms with Crippen molar-refractivity contribution in [2.24, 2.45) is 5.92 Å². The summed E-state index contributed by atoms with van der Waals surface area (Å²) in [6.07, 6.45) is 3.03. The number of rotatable bonds is 6. The minimum Gasteiger partial charge on any atom is -0.493 e. The van der Waals surface area contributed by atoms with Crippen molar-refractivity contribution in [3.8, 4) is 11.5 Å². The maximum atomic E-state index is 5.65. The molecule has 2 rings (SSSR count). The highest BCUT2D eigenvalue weighted by Crippen LogP contribution is 2.35. The Morgan fingerprint density at radius 1 is 1.22 bits per heavy atom. The Kier molecular flexibility index (Phi) is 4.12. The van der Waals surface area contributed by atoms with E-state index in [1.807, 2.05) is 6.07 Å². The van der Waals surface area contributed by atoms with Crippen LogP contribution in [0.4, 0.5) is 0 Å². The lowest BCUT2D eigenvalue weighted by Gasteiger charge is -2.12. The maximum absolute atomic E-state index is 5.65. The number of epoxide rings is 1. The molecule has 1 aliphatic rings. The summed E-state index contributed by atoms with van der Waals surface area (Å²) in [5.41, 5.74) is 1.27. The summed E-state index contributed by atoms with van der Waals surface area (Å²) in [5, 5.41) is 0. The second kappa shape index (κ2) is 5.61. The second-order valence-electron chi connectivity index (χ2n) is 4.92. The first-order chi connectivity index (χ1) is 8.69. The van der Waals surface area contributed by atoms with Gasteiger partial charge < -0.3 is 14.2 Å². The summed E-state index contributed by atoms with van der Waals surface area (Å²) in [6, 6.07) is 6.12. The third kappa shape index (κ3) is 2.78. The minimum atomic E-state index is 0.433. The fourth-order valence-corrected chi connectivity index (χ4v) is 2.48. The molecule has 0 saturated carbocycles. The van der Waals surface area contributed by atoms with E-state index < -0.39 is 0 Å². The second-order valence-corrected chi connectivity index (χ2v) is 4.92. The van der Waals surface area contributed by atoms with E-state index in [2.05, 4.69) is 26.0 Å². The van der Waals surface area contributed by atoms with Crippen molar-refractivity contribution in [1.29, 1.82) is 0 Å². The van der Waals surface area contributed by atoms with Crippen LogP contribution in [0.5, 0.6) is 11.5 Å². The molecule has 0 bridgehead atoms. The zero-order valence-corrected chi connectivity index (χ0v) is 11.6. The van der Waals surface area contributed by atoms with Crippen LogP contribution in [0.25, 0.3) is 0 Å². The molecule has 3 heteroatoms. The molecule has 1 aliphatic heterocycles. The van der Waals surface area contributed by atoms with Crippen LogP contribution < -0.4 is 9.47 Å². The molecule has 0 N–H and O–H groups in total. The van der Waals surface area contributed by atoms with Gasteiger partial charge in [-0.2, -0.15) is 0 Å². The van der Waals surface area contributed by atoms with E-state index in [9.17, 15) is 0 Å². The van der Waals surface area contributed by atoms with Gasteiger partial charge >= 0.3 is 0 Å². The first-order valence-corrected chi connectivity index (χ1v) is 6.56. The minimum absolute atomic E-state index is 0.433. The average Bonchev–Trinajstić information content (AvgIpc) is 3.18. The monoisotopic (exact) mass is 250 g/mol. The van der Waals surface area contributed by atoms with Gasteiger partial charge in [0.05, 0.1) is 26.4 Å². The molecule has 1 fully saturated rings. The molecule has 0 spiro atoms. The quantitative estimate of drug-likeness (QED) is 0.727. The van der Waals surface area contributed by atoms with Crippen molar-refractivity contribution < 1.29 is 14.2 Å². The molecular formula is C15H22O3. The van der Waals surface area contributed by atoms with Gasteiger partial charge in [-0.1, -0.05) is 19.9 Å². The molecule has 0 aromatic heterocycles. The fourth-order valence-electron chi connectivity index (χ4n) is 2.48. The molecule has 3 nitrogen and oxygen atoms in total. The Balaban J connectivity index is 2.01. The fraction of sp³-hybridized carbons (Fsp3) is 0.600. The smallest absolute Gasteiger partial charge is 0.160 e. The van der Waals surface area contributed by atoms with Crippen molar-refractivity contribution in [2.75, 3.05) is 14.2 Å². The summed E-state index contributed by atoms with van der Waals surface area (Å²) in [6.45, 7) is 4.42. The summed E-state index contributed by atoms with van der Waals surface area (Å²) in [7, 11) is 3.33. The normalized spacial score (nSPS) is 23.6. The number of hydrogen-bond donors (Lipinski definition) is 0. The van der Waals surface area contributed by atoms with Crippen LogP contribution in [0, 0.1) is 5.92 Å². The Bertz CT molecular complexity index is 403. The largest absolute Gasteiger partial charge is 0.493 e. The highest BCUT2D eigenvalue weighted by Gasteiger charge is 2.40. The van der Waals surface area contributed by atoms with Gasteiger partial charge in [0.25, 0.3) is 0 Å². The van der Waals surface area contributed by atoms with Crippen molar-refractivity contribution >= 4 is 0 Å². The maximum Gasteiger partial charge on any atom is 0.160 e. The predicted octanol–water partition coefficient (Wildman–Crippen LogP) is 3.06. The van der Waals surface area contributed by atoms with Crippen LogP contribution in [0.15, 0.2) is 18.2 Å². The molecule has 1 heterocycles. The Hall–Kier alpha value is -1.22. The number of benzene rings is 1. The van der Waals surface area contributed by atoms with Gasteiger partial charge in [-0.25, -0.2) is 0 Å². The molecule has 3 unspecified atom stereocenters. The summed E-state index contributed by atoms with van der Waals surface area (Å²) < 4.78 is 16.2. The van der Waals surface area contributed by atoms with Crippen molar-refractivity contribution in [1.82, 2.24) is 0 Å². The molecule has 1 saturated heterocycles. The number of hydrogen-bond acceptors (Lipinski definition) is 3. The van der Waals surface area contributed by atoms with Crippen molar-refractivity contribution in [2.45, 2.75) is 38.9 Å². The van der Waals surface area contributed by atoms with Gasteiger partial charge in [-0.15, -0.1) is 0 Å². The molecule has 1 aromatic carbocycles. The third-order valence-electron chi connectivity index (χ3n) is 3.59. The topological polar surface area (TPSA) is 31.0 Å². The van der Waals surface area contributed by atoms with Crippen molar-refractivity contribution in [3.63, 3.8) is 0 Å². The lowest BCUT2D eigenvalue weighted by atomic mass is 9.95. The Labute approximate surface area is 109 Å². The highest BCUT2D eigenvalue weighted by atomic mass is 16.6. The van der Waals surface area contributed by atoms with E-state index in [-0.39, 0.29) is 0 Å². The van der Waals surface area contributed by atoms with Crippen LogP contribution in [-0.2, 0) is 11.2 Å².